The Hall–Kier alpha value is -1.81. The van der Waals surface area contributed by atoms with Gasteiger partial charge in [-0.05, 0) is 44.0 Å². The number of aryl methyl sites for hydroxylation is 1. The molecule has 1 atom stereocenters. The van der Waals surface area contributed by atoms with Crippen LogP contribution in [-0.4, -0.2) is 34.1 Å². The van der Waals surface area contributed by atoms with E-state index in [0.717, 1.165) is 22.7 Å². The second-order valence-electron chi connectivity index (χ2n) is 5.03. The van der Waals surface area contributed by atoms with E-state index in [4.69, 9.17) is 11.6 Å². The zero-order valence-corrected chi connectivity index (χ0v) is 12.6. The van der Waals surface area contributed by atoms with Crippen LogP contribution in [0.3, 0.4) is 0 Å². The number of likely N-dealkylation sites (N-methyl/N-ethyl adjacent to an activating group) is 1. The van der Waals surface area contributed by atoms with E-state index in [1.165, 1.54) is 0 Å². The van der Waals surface area contributed by atoms with Crippen LogP contribution >= 0.6 is 11.6 Å². The van der Waals surface area contributed by atoms with Gasteiger partial charge in [0, 0.05) is 23.8 Å². The quantitative estimate of drug-likeness (QED) is 0.941. The van der Waals surface area contributed by atoms with Crippen molar-refractivity contribution in [2.45, 2.75) is 26.3 Å². The smallest absolute Gasteiger partial charge is 0.274 e. The molecule has 1 aromatic carbocycles. The number of benzene rings is 1. The highest BCUT2D eigenvalue weighted by atomic mass is 35.5. The summed E-state index contributed by atoms with van der Waals surface area (Å²) in [6.45, 7) is 3.90. The first kappa shape index (κ1) is 14.6. The first-order valence-electron chi connectivity index (χ1n) is 6.51. The lowest BCUT2D eigenvalue weighted by Gasteiger charge is -2.24. The lowest BCUT2D eigenvalue weighted by atomic mass is 10.1. The SMILES string of the molecule is Cc1cc(C(=O)N(C)C(C)Cc2ccc(Cl)cc2)n[nH]1. The van der Waals surface area contributed by atoms with Crippen LogP contribution in [-0.2, 0) is 6.42 Å². The molecule has 0 aliphatic heterocycles. The number of aromatic amines is 1. The van der Waals surface area contributed by atoms with Gasteiger partial charge in [0.05, 0.1) is 0 Å². The molecule has 106 valence electrons. The van der Waals surface area contributed by atoms with Crippen molar-refractivity contribution in [1.29, 1.82) is 0 Å². The van der Waals surface area contributed by atoms with Crippen LogP contribution in [0.2, 0.25) is 5.02 Å². The summed E-state index contributed by atoms with van der Waals surface area (Å²) in [5.41, 5.74) is 2.49. The predicted octanol–water partition coefficient (Wildman–Crippen LogP) is 3.07. The summed E-state index contributed by atoms with van der Waals surface area (Å²) >= 11 is 5.87. The van der Waals surface area contributed by atoms with E-state index in [0.29, 0.717) is 5.69 Å². The maximum absolute atomic E-state index is 12.3. The molecule has 0 fully saturated rings. The zero-order chi connectivity index (χ0) is 14.7. The fourth-order valence-electron chi connectivity index (χ4n) is 2.01. The van der Waals surface area contributed by atoms with Gasteiger partial charge in [0.15, 0.2) is 0 Å². The van der Waals surface area contributed by atoms with Gasteiger partial charge < -0.3 is 4.90 Å². The van der Waals surface area contributed by atoms with E-state index < -0.39 is 0 Å². The minimum absolute atomic E-state index is 0.0733. The molecule has 1 N–H and O–H groups in total. The van der Waals surface area contributed by atoms with Crippen molar-refractivity contribution in [3.63, 3.8) is 0 Å². The molecular weight excluding hydrogens is 274 g/mol. The van der Waals surface area contributed by atoms with E-state index >= 15 is 0 Å². The Morgan fingerprint density at radius 3 is 2.60 bits per heavy atom. The number of hydrogen-bond acceptors (Lipinski definition) is 2. The molecule has 4 nitrogen and oxygen atoms in total. The minimum atomic E-state index is -0.0733. The van der Waals surface area contributed by atoms with Crippen LogP contribution in [0.1, 0.15) is 28.7 Å². The van der Waals surface area contributed by atoms with Gasteiger partial charge in [-0.15, -0.1) is 0 Å². The summed E-state index contributed by atoms with van der Waals surface area (Å²) in [7, 11) is 1.80. The van der Waals surface area contributed by atoms with Crippen LogP contribution in [0.15, 0.2) is 30.3 Å². The number of amides is 1. The summed E-state index contributed by atoms with van der Waals surface area (Å²) in [6.07, 6.45) is 0.781. The van der Waals surface area contributed by atoms with E-state index in [1.807, 2.05) is 38.1 Å². The Kier molecular flexibility index (Phi) is 4.45. The molecule has 0 aliphatic carbocycles. The van der Waals surface area contributed by atoms with Gasteiger partial charge in [0.25, 0.3) is 5.91 Å². The van der Waals surface area contributed by atoms with Crippen molar-refractivity contribution in [1.82, 2.24) is 15.1 Å². The molecular formula is C15H18ClN3O. The van der Waals surface area contributed by atoms with E-state index in [1.54, 1.807) is 18.0 Å². The maximum Gasteiger partial charge on any atom is 0.274 e. The molecule has 0 saturated heterocycles. The van der Waals surface area contributed by atoms with Gasteiger partial charge in [-0.25, -0.2) is 0 Å². The zero-order valence-electron chi connectivity index (χ0n) is 11.9. The molecule has 0 aliphatic rings. The molecule has 2 aromatic rings. The molecule has 5 heteroatoms. The number of aromatic nitrogens is 2. The number of carbonyl (C=O) groups is 1. The number of carbonyl (C=O) groups excluding carboxylic acids is 1. The van der Waals surface area contributed by atoms with Crippen molar-refractivity contribution in [3.8, 4) is 0 Å². The van der Waals surface area contributed by atoms with Crippen LogP contribution < -0.4 is 0 Å². The van der Waals surface area contributed by atoms with Crippen LogP contribution in [0.5, 0.6) is 0 Å². The average molecular weight is 292 g/mol. The first-order valence-corrected chi connectivity index (χ1v) is 6.89. The monoisotopic (exact) mass is 291 g/mol. The van der Waals surface area contributed by atoms with Crippen LogP contribution in [0.25, 0.3) is 0 Å². The molecule has 1 heterocycles. The molecule has 20 heavy (non-hydrogen) atoms. The maximum atomic E-state index is 12.3. The van der Waals surface area contributed by atoms with Gasteiger partial charge in [0.1, 0.15) is 5.69 Å². The van der Waals surface area contributed by atoms with Gasteiger partial charge in [0.2, 0.25) is 0 Å². The fraction of sp³-hybridized carbons (Fsp3) is 0.333. The van der Waals surface area contributed by atoms with Gasteiger partial charge in [-0.3, -0.25) is 9.89 Å². The van der Waals surface area contributed by atoms with Crippen LogP contribution in [0, 0.1) is 6.92 Å². The van der Waals surface area contributed by atoms with Crippen molar-refractivity contribution in [2.75, 3.05) is 7.05 Å². The largest absolute Gasteiger partial charge is 0.337 e. The third-order valence-corrected chi connectivity index (χ3v) is 3.60. The lowest BCUT2D eigenvalue weighted by Crippen LogP contribution is -2.36. The van der Waals surface area contributed by atoms with Gasteiger partial charge in [-0.1, -0.05) is 23.7 Å². The van der Waals surface area contributed by atoms with Crippen LogP contribution in [0.4, 0.5) is 0 Å². The minimum Gasteiger partial charge on any atom is -0.337 e. The Bertz CT molecular complexity index is 591. The number of nitrogens with one attached hydrogen (secondary N) is 1. The van der Waals surface area contributed by atoms with Gasteiger partial charge >= 0.3 is 0 Å². The summed E-state index contributed by atoms with van der Waals surface area (Å²) < 4.78 is 0. The first-order chi connectivity index (χ1) is 9.47. The number of halogens is 1. The lowest BCUT2D eigenvalue weighted by molar-refractivity contribution is 0.0737. The number of H-pyrrole nitrogens is 1. The molecule has 1 unspecified atom stereocenters. The number of nitrogens with zero attached hydrogens (tertiary/aromatic N) is 2. The Balaban J connectivity index is 2.03. The van der Waals surface area contributed by atoms with Crippen molar-refractivity contribution >= 4 is 17.5 Å². The number of hydrogen-bond donors (Lipinski definition) is 1. The molecule has 0 saturated carbocycles. The third-order valence-electron chi connectivity index (χ3n) is 3.35. The molecule has 0 bridgehead atoms. The molecule has 2 rings (SSSR count). The molecule has 1 amide bonds. The van der Waals surface area contributed by atoms with E-state index in [2.05, 4.69) is 10.2 Å². The Morgan fingerprint density at radius 2 is 2.05 bits per heavy atom. The topological polar surface area (TPSA) is 49.0 Å². The highest BCUT2D eigenvalue weighted by Crippen LogP contribution is 2.14. The highest BCUT2D eigenvalue weighted by molar-refractivity contribution is 6.30. The number of rotatable bonds is 4. The Labute approximate surface area is 123 Å². The van der Waals surface area contributed by atoms with E-state index in [-0.39, 0.29) is 11.9 Å². The summed E-state index contributed by atoms with van der Waals surface area (Å²) in [5, 5.41) is 7.51. The normalized spacial score (nSPS) is 12.2. The second-order valence-corrected chi connectivity index (χ2v) is 5.47. The molecule has 1 aromatic heterocycles. The van der Waals surface area contributed by atoms with Crippen molar-refractivity contribution in [3.05, 3.63) is 52.3 Å². The highest BCUT2D eigenvalue weighted by Gasteiger charge is 2.19. The van der Waals surface area contributed by atoms with Crippen molar-refractivity contribution in [2.24, 2.45) is 0 Å². The van der Waals surface area contributed by atoms with Gasteiger partial charge in [-0.2, -0.15) is 5.10 Å². The van der Waals surface area contributed by atoms with Crippen molar-refractivity contribution < 1.29 is 4.79 Å². The predicted molar refractivity (Wildman–Crippen MR) is 80.0 cm³/mol. The summed E-state index contributed by atoms with van der Waals surface area (Å²) in [5.74, 6) is -0.0733. The fourth-order valence-corrected chi connectivity index (χ4v) is 2.13. The summed E-state index contributed by atoms with van der Waals surface area (Å²) in [4.78, 5) is 14.0. The standard InChI is InChI=1S/C15H18ClN3O/c1-10-8-14(18-17-10)15(20)19(3)11(2)9-12-4-6-13(16)7-5-12/h4-8,11H,9H2,1-3H3,(H,17,18). The second kappa shape index (κ2) is 6.09. The summed E-state index contributed by atoms with van der Waals surface area (Å²) in [6, 6.07) is 9.53. The molecule has 0 radical (unpaired) electrons. The average Bonchev–Trinajstić information content (AvgIpc) is 2.86. The van der Waals surface area contributed by atoms with E-state index in [9.17, 15) is 4.79 Å². The third kappa shape index (κ3) is 3.39. The Morgan fingerprint density at radius 1 is 1.40 bits per heavy atom. The molecule has 0 spiro atoms.